The van der Waals surface area contributed by atoms with Gasteiger partial charge in [-0.1, -0.05) is 23.2 Å². The van der Waals surface area contributed by atoms with Gasteiger partial charge in [0.2, 0.25) is 5.95 Å². The Morgan fingerprint density at radius 3 is 2.61 bits per heavy atom. The van der Waals surface area contributed by atoms with E-state index in [-0.39, 0.29) is 17.0 Å². The molecular weight excluding hydrogens is 275 g/mol. The van der Waals surface area contributed by atoms with Crippen molar-refractivity contribution < 1.29 is 4.79 Å². The van der Waals surface area contributed by atoms with Gasteiger partial charge >= 0.3 is 0 Å². The number of rotatable bonds is 2. The number of halogens is 2. The average molecular weight is 285 g/mol. The van der Waals surface area contributed by atoms with Crippen LogP contribution in [-0.4, -0.2) is 20.4 Å². The molecule has 0 unspecified atom stereocenters. The Balaban J connectivity index is 2.23. The Morgan fingerprint density at radius 1 is 1.33 bits per heavy atom. The fraction of sp³-hybridized carbons (Fsp3) is 0.182. The number of carbonyl (C=O) groups excluding carboxylic acids is 1. The minimum atomic E-state index is -0.342. The first-order valence-corrected chi connectivity index (χ1v) is 5.85. The highest BCUT2D eigenvalue weighted by molar-refractivity contribution is 6.31. The molecule has 2 rings (SSSR count). The third-order valence-electron chi connectivity index (χ3n) is 2.25. The maximum absolute atomic E-state index is 12.0. The summed E-state index contributed by atoms with van der Waals surface area (Å²) in [5.41, 5.74) is 1.09. The van der Waals surface area contributed by atoms with Gasteiger partial charge in [0.15, 0.2) is 0 Å². The van der Waals surface area contributed by atoms with Crippen LogP contribution in [0.1, 0.15) is 16.2 Å². The van der Waals surface area contributed by atoms with E-state index in [0.29, 0.717) is 16.4 Å². The zero-order valence-electron chi connectivity index (χ0n) is 9.74. The first kappa shape index (κ1) is 12.9. The van der Waals surface area contributed by atoms with E-state index in [9.17, 15) is 4.79 Å². The lowest BCUT2D eigenvalue weighted by molar-refractivity contribution is 0.101. The molecule has 0 aliphatic rings. The predicted octanol–water partition coefficient (Wildman–Crippen LogP) is 2.68. The van der Waals surface area contributed by atoms with Crippen LogP contribution in [0.5, 0.6) is 0 Å². The summed E-state index contributed by atoms with van der Waals surface area (Å²) in [5.74, 6) is -0.173. The van der Waals surface area contributed by atoms with Gasteiger partial charge in [0.05, 0.1) is 5.02 Å². The number of carbonyl (C=O) groups is 1. The maximum atomic E-state index is 12.0. The Hall–Kier alpha value is -1.59. The normalized spacial score (nSPS) is 10.4. The van der Waals surface area contributed by atoms with Crippen molar-refractivity contribution in [1.29, 1.82) is 0 Å². The van der Waals surface area contributed by atoms with Crippen LogP contribution in [0.4, 0.5) is 5.95 Å². The SMILES string of the molecule is Cc1cc(Cl)nc(NC(=O)c2cc(Cl)cn2C)n1. The number of nitrogens with one attached hydrogen (secondary N) is 1. The summed E-state index contributed by atoms with van der Waals surface area (Å²) in [6.45, 7) is 1.77. The monoisotopic (exact) mass is 284 g/mol. The van der Waals surface area contributed by atoms with E-state index in [1.165, 1.54) is 0 Å². The van der Waals surface area contributed by atoms with Crippen LogP contribution in [0.25, 0.3) is 0 Å². The van der Waals surface area contributed by atoms with Gasteiger partial charge in [-0.05, 0) is 19.1 Å². The highest BCUT2D eigenvalue weighted by Crippen LogP contribution is 2.15. The number of aromatic nitrogens is 3. The molecule has 0 aliphatic heterocycles. The van der Waals surface area contributed by atoms with E-state index in [4.69, 9.17) is 23.2 Å². The lowest BCUT2D eigenvalue weighted by Gasteiger charge is -2.05. The second-order valence-corrected chi connectivity index (χ2v) is 4.59. The summed E-state index contributed by atoms with van der Waals surface area (Å²) in [4.78, 5) is 19.9. The molecule has 0 aromatic carbocycles. The molecule has 1 amide bonds. The topological polar surface area (TPSA) is 59.8 Å². The molecule has 94 valence electrons. The molecule has 2 aromatic rings. The van der Waals surface area contributed by atoms with Crippen molar-refractivity contribution in [1.82, 2.24) is 14.5 Å². The number of hydrogen-bond donors (Lipinski definition) is 1. The first-order chi connectivity index (χ1) is 8.45. The highest BCUT2D eigenvalue weighted by Gasteiger charge is 2.13. The molecule has 0 fully saturated rings. The van der Waals surface area contributed by atoms with Gasteiger partial charge in [-0.15, -0.1) is 0 Å². The molecule has 0 spiro atoms. The second-order valence-electron chi connectivity index (χ2n) is 3.76. The highest BCUT2D eigenvalue weighted by atomic mass is 35.5. The standard InChI is InChI=1S/C11H10Cl2N4O/c1-6-3-9(13)15-11(14-6)16-10(18)8-4-7(12)5-17(8)2/h3-5H,1-2H3,(H,14,15,16,18). The van der Waals surface area contributed by atoms with Crippen LogP contribution in [0, 0.1) is 6.92 Å². The molecule has 18 heavy (non-hydrogen) atoms. The van der Waals surface area contributed by atoms with Gasteiger partial charge in [-0.2, -0.15) is 0 Å². The molecule has 2 aromatic heterocycles. The minimum Gasteiger partial charge on any atom is -0.345 e. The molecule has 1 N–H and O–H groups in total. The summed E-state index contributed by atoms with van der Waals surface area (Å²) in [7, 11) is 1.73. The maximum Gasteiger partial charge on any atom is 0.274 e. The smallest absolute Gasteiger partial charge is 0.274 e. The van der Waals surface area contributed by atoms with Crippen LogP contribution >= 0.6 is 23.2 Å². The van der Waals surface area contributed by atoms with E-state index in [2.05, 4.69) is 15.3 Å². The Labute approximate surface area is 114 Å². The Kier molecular flexibility index (Phi) is 3.54. The average Bonchev–Trinajstić information content (AvgIpc) is 2.56. The Morgan fingerprint density at radius 2 is 2.06 bits per heavy atom. The lowest BCUT2D eigenvalue weighted by Crippen LogP contribution is -2.17. The van der Waals surface area contributed by atoms with Gasteiger partial charge in [0, 0.05) is 18.9 Å². The summed E-state index contributed by atoms with van der Waals surface area (Å²) in [5, 5.41) is 3.34. The largest absolute Gasteiger partial charge is 0.345 e. The summed E-state index contributed by atoms with van der Waals surface area (Å²) in [6, 6.07) is 3.17. The van der Waals surface area contributed by atoms with Gasteiger partial charge in [0.25, 0.3) is 5.91 Å². The molecule has 0 saturated heterocycles. The number of anilines is 1. The quantitative estimate of drug-likeness (QED) is 0.863. The fourth-order valence-electron chi connectivity index (χ4n) is 1.50. The lowest BCUT2D eigenvalue weighted by atomic mass is 10.4. The third kappa shape index (κ3) is 2.80. The second kappa shape index (κ2) is 4.96. The van der Waals surface area contributed by atoms with E-state index < -0.39 is 0 Å². The molecule has 0 radical (unpaired) electrons. The summed E-state index contributed by atoms with van der Waals surface area (Å²) < 4.78 is 1.62. The number of nitrogens with zero attached hydrogens (tertiary/aromatic N) is 3. The van der Waals surface area contributed by atoms with Gasteiger partial charge in [-0.25, -0.2) is 9.97 Å². The van der Waals surface area contributed by atoms with Crippen molar-refractivity contribution in [3.05, 3.63) is 39.9 Å². The molecule has 0 atom stereocenters. The zero-order valence-corrected chi connectivity index (χ0v) is 11.2. The first-order valence-electron chi connectivity index (χ1n) is 5.10. The minimum absolute atomic E-state index is 0.169. The van der Waals surface area contributed by atoms with Gasteiger partial charge in [0.1, 0.15) is 10.8 Å². The van der Waals surface area contributed by atoms with Gasteiger partial charge < -0.3 is 4.57 Å². The molecule has 5 nitrogen and oxygen atoms in total. The molecule has 2 heterocycles. The number of amides is 1. The summed E-state index contributed by atoms with van der Waals surface area (Å²) >= 11 is 11.6. The zero-order chi connectivity index (χ0) is 13.3. The van der Waals surface area contributed by atoms with Crippen molar-refractivity contribution in [3.8, 4) is 0 Å². The van der Waals surface area contributed by atoms with Crippen LogP contribution in [-0.2, 0) is 7.05 Å². The van der Waals surface area contributed by atoms with E-state index >= 15 is 0 Å². The van der Waals surface area contributed by atoms with Crippen molar-refractivity contribution in [3.63, 3.8) is 0 Å². The summed E-state index contributed by atoms with van der Waals surface area (Å²) in [6.07, 6.45) is 1.64. The number of hydrogen-bond acceptors (Lipinski definition) is 3. The van der Waals surface area contributed by atoms with Crippen LogP contribution in [0.15, 0.2) is 18.3 Å². The third-order valence-corrected chi connectivity index (χ3v) is 2.65. The molecular formula is C11H10Cl2N4O. The molecule has 0 saturated carbocycles. The van der Waals surface area contributed by atoms with Crippen molar-refractivity contribution in [2.45, 2.75) is 6.92 Å². The van der Waals surface area contributed by atoms with Crippen LogP contribution < -0.4 is 5.32 Å². The van der Waals surface area contributed by atoms with Crippen LogP contribution in [0.2, 0.25) is 10.2 Å². The van der Waals surface area contributed by atoms with Crippen LogP contribution in [0.3, 0.4) is 0 Å². The van der Waals surface area contributed by atoms with E-state index in [0.717, 1.165) is 0 Å². The van der Waals surface area contributed by atoms with E-state index in [1.54, 1.807) is 36.9 Å². The van der Waals surface area contributed by atoms with Crippen molar-refractivity contribution in [2.24, 2.45) is 7.05 Å². The van der Waals surface area contributed by atoms with E-state index in [1.807, 2.05) is 0 Å². The van der Waals surface area contributed by atoms with Crippen molar-refractivity contribution >= 4 is 35.1 Å². The molecule has 7 heteroatoms. The van der Waals surface area contributed by atoms with Gasteiger partial charge in [-0.3, -0.25) is 10.1 Å². The molecule has 0 aliphatic carbocycles. The Bertz CT molecular complexity index is 589. The predicted molar refractivity (Wildman–Crippen MR) is 70.2 cm³/mol. The van der Waals surface area contributed by atoms with Crippen molar-refractivity contribution in [2.75, 3.05) is 5.32 Å². The molecule has 0 bridgehead atoms. The fourth-order valence-corrected chi connectivity index (χ4v) is 1.99. The number of aryl methyl sites for hydroxylation is 2.